The standard InChI is InChI=1S/C19H31N3O2S/c1-13(2)22-9-7-19(8-10-22)6-5-16(24-19)12-20-18(23)11-17-14(3)21-15(4)25-17/h13,16H,5-12H2,1-4H3,(H,20,23)/t16-/m0/s1. The summed E-state index contributed by atoms with van der Waals surface area (Å²) in [5.74, 6) is 0.0749. The Hall–Kier alpha value is -0.980. The van der Waals surface area contributed by atoms with Crippen LogP contribution in [0.1, 0.15) is 55.1 Å². The van der Waals surface area contributed by atoms with Gasteiger partial charge in [0.25, 0.3) is 0 Å². The van der Waals surface area contributed by atoms with Gasteiger partial charge in [0.15, 0.2) is 0 Å². The van der Waals surface area contributed by atoms with Gasteiger partial charge in [-0.2, -0.15) is 0 Å². The van der Waals surface area contributed by atoms with Crippen molar-refractivity contribution in [3.8, 4) is 0 Å². The number of nitrogens with zero attached hydrogens (tertiary/aromatic N) is 2. The number of carbonyl (C=O) groups excluding carboxylic acids is 1. The molecule has 1 N–H and O–H groups in total. The second kappa shape index (κ2) is 7.72. The average molecular weight is 366 g/mol. The highest BCUT2D eigenvalue weighted by atomic mass is 32.1. The van der Waals surface area contributed by atoms with Crippen molar-refractivity contribution in [2.75, 3.05) is 19.6 Å². The molecule has 0 aliphatic carbocycles. The van der Waals surface area contributed by atoms with Gasteiger partial charge in [-0.05, 0) is 53.4 Å². The number of amides is 1. The second-order valence-corrected chi connectivity index (χ2v) is 9.10. The van der Waals surface area contributed by atoms with Crippen molar-refractivity contribution in [1.29, 1.82) is 0 Å². The molecule has 1 amide bonds. The SMILES string of the molecule is Cc1nc(C)c(CC(=O)NC[C@@H]2CCC3(CCN(C(C)C)CC3)O2)s1. The highest BCUT2D eigenvalue weighted by Gasteiger charge is 2.42. The topological polar surface area (TPSA) is 54.5 Å². The number of rotatable bonds is 5. The number of ether oxygens (including phenoxy) is 1. The third-order valence-corrected chi connectivity index (χ3v) is 6.70. The lowest BCUT2D eigenvalue weighted by atomic mass is 9.88. The summed E-state index contributed by atoms with van der Waals surface area (Å²) in [7, 11) is 0. The van der Waals surface area contributed by atoms with E-state index in [0.29, 0.717) is 19.0 Å². The molecular weight excluding hydrogens is 334 g/mol. The van der Waals surface area contributed by atoms with Crippen molar-refractivity contribution in [1.82, 2.24) is 15.2 Å². The summed E-state index contributed by atoms with van der Waals surface area (Å²) < 4.78 is 6.40. The maximum atomic E-state index is 12.2. The molecule has 1 atom stereocenters. The first-order chi connectivity index (χ1) is 11.9. The molecule has 140 valence electrons. The number of piperidine rings is 1. The van der Waals surface area contributed by atoms with Crippen LogP contribution in [0.4, 0.5) is 0 Å². The molecule has 0 unspecified atom stereocenters. The maximum Gasteiger partial charge on any atom is 0.225 e. The number of nitrogens with one attached hydrogen (secondary N) is 1. The predicted molar refractivity (Wildman–Crippen MR) is 101 cm³/mol. The molecular formula is C19H31N3O2S. The van der Waals surface area contributed by atoms with E-state index in [9.17, 15) is 4.79 Å². The minimum atomic E-state index is 0.0617. The van der Waals surface area contributed by atoms with E-state index < -0.39 is 0 Å². The van der Waals surface area contributed by atoms with E-state index in [4.69, 9.17) is 4.74 Å². The van der Waals surface area contributed by atoms with Crippen LogP contribution in [0.5, 0.6) is 0 Å². The molecule has 1 aromatic rings. The molecule has 5 nitrogen and oxygen atoms in total. The molecule has 1 aromatic heterocycles. The van der Waals surface area contributed by atoms with Crippen LogP contribution in [0, 0.1) is 13.8 Å². The average Bonchev–Trinajstić information content (AvgIpc) is 3.09. The first-order valence-corrected chi connectivity index (χ1v) is 10.3. The predicted octanol–water partition coefficient (Wildman–Crippen LogP) is 2.84. The zero-order valence-electron chi connectivity index (χ0n) is 15.9. The van der Waals surface area contributed by atoms with Crippen LogP contribution >= 0.6 is 11.3 Å². The number of thiazole rings is 1. The van der Waals surface area contributed by atoms with Gasteiger partial charge in [-0.1, -0.05) is 0 Å². The van der Waals surface area contributed by atoms with E-state index >= 15 is 0 Å². The fourth-order valence-electron chi connectivity index (χ4n) is 4.03. The molecule has 2 fully saturated rings. The third-order valence-electron chi connectivity index (χ3n) is 5.63. The van der Waals surface area contributed by atoms with E-state index in [1.807, 2.05) is 13.8 Å². The minimum Gasteiger partial charge on any atom is -0.370 e. The van der Waals surface area contributed by atoms with Gasteiger partial charge in [0.05, 0.1) is 28.8 Å². The van der Waals surface area contributed by atoms with Crippen molar-refractivity contribution < 1.29 is 9.53 Å². The van der Waals surface area contributed by atoms with E-state index in [0.717, 1.165) is 54.4 Å². The Morgan fingerprint density at radius 1 is 1.36 bits per heavy atom. The van der Waals surface area contributed by atoms with Crippen LogP contribution in [0.3, 0.4) is 0 Å². The van der Waals surface area contributed by atoms with Gasteiger partial charge in [-0.15, -0.1) is 11.3 Å². The maximum absolute atomic E-state index is 12.2. The Bertz CT molecular complexity index is 606. The van der Waals surface area contributed by atoms with Crippen LogP contribution in [0.2, 0.25) is 0 Å². The van der Waals surface area contributed by atoms with E-state index in [-0.39, 0.29) is 17.6 Å². The lowest BCUT2D eigenvalue weighted by molar-refractivity contribution is -0.122. The molecule has 6 heteroatoms. The van der Waals surface area contributed by atoms with Crippen LogP contribution in [-0.4, -0.2) is 53.2 Å². The van der Waals surface area contributed by atoms with Gasteiger partial charge in [0.2, 0.25) is 5.91 Å². The highest BCUT2D eigenvalue weighted by molar-refractivity contribution is 7.11. The van der Waals surface area contributed by atoms with Crippen LogP contribution in [0.15, 0.2) is 0 Å². The number of aryl methyl sites for hydroxylation is 2. The van der Waals surface area contributed by atoms with Crippen molar-refractivity contribution in [3.05, 3.63) is 15.6 Å². The monoisotopic (exact) mass is 365 g/mol. The van der Waals surface area contributed by atoms with Crippen LogP contribution in [-0.2, 0) is 16.0 Å². The molecule has 3 rings (SSSR count). The normalized spacial score (nSPS) is 23.5. The summed E-state index contributed by atoms with van der Waals surface area (Å²) in [5.41, 5.74) is 1.04. The molecule has 2 aliphatic heterocycles. The first kappa shape index (κ1) is 18.8. The van der Waals surface area contributed by atoms with Gasteiger partial charge in [0.1, 0.15) is 0 Å². The van der Waals surface area contributed by atoms with E-state index in [1.165, 1.54) is 0 Å². The van der Waals surface area contributed by atoms with Crippen molar-refractivity contribution in [2.45, 2.75) is 77.5 Å². The van der Waals surface area contributed by atoms with Gasteiger partial charge in [0, 0.05) is 30.6 Å². The number of likely N-dealkylation sites (tertiary alicyclic amines) is 1. The molecule has 25 heavy (non-hydrogen) atoms. The first-order valence-electron chi connectivity index (χ1n) is 9.48. The Kier molecular flexibility index (Phi) is 5.81. The van der Waals surface area contributed by atoms with Gasteiger partial charge in [-0.3, -0.25) is 4.79 Å². The second-order valence-electron chi connectivity index (χ2n) is 7.81. The number of hydrogen-bond donors (Lipinski definition) is 1. The van der Waals surface area contributed by atoms with Gasteiger partial charge in [-0.25, -0.2) is 4.98 Å². The van der Waals surface area contributed by atoms with Gasteiger partial charge >= 0.3 is 0 Å². The minimum absolute atomic E-state index is 0.0617. The van der Waals surface area contributed by atoms with E-state index in [2.05, 4.69) is 29.0 Å². The molecule has 0 bridgehead atoms. The summed E-state index contributed by atoms with van der Waals surface area (Å²) in [6, 6.07) is 0.618. The van der Waals surface area contributed by atoms with Crippen molar-refractivity contribution in [3.63, 3.8) is 0 Å². The third kappa shape index (κ3) is 4.60. The van der Waals surface area contributed by atoms with Gasteiger partial charge < -0.3 is 15.0 Å². The molecule has 0 saturated carbocycles. The molecule has 0 aromatic carbocycles. The fraction of sp³-hybridized carbons (Fsp3) is 0.789. The molecule has 3 heterocycles. The zero-order valence-corrected chi connectivity index (χ0v) is 16.7. The smallest absolute Gasteiger partial charge is 0.225 e. The van der Waals surface area contributed by atoms with Crippen LogP contribution in [0.25, 0.3) is 0 Å². The number of aromatic nitrogens is 1. The summed E-state index contributed by atoms with van der Waals surface area (Å²) in [6.45, 7) is 11.4. The Morgan fingerprint density at radius 2 is 2.08 bits per heavy atom. The van der Waals surface area contributed by atoms with Crippen LogP contribution < -0.4 is 5.32 Å². The summed E-state index contributed by atoms with van der Waals surface area (Å²) in [5, 5.41) is 4.09. The molecule has 1 spiro atoms. The summed E-state index contributed by atoms with van der Waals surface area (Å²) in [6.07, 6.45) is 5.02. The highest BCUT2D eigenvalue weighted by Crippen LogP contribution is 2.39. The number of hydrogen-bond acceptors (Lipinski definition) is 5. The molecule has 2 saturated heterocycles. The summed E-state index contributed by atoms with van der Waals surface area (Å²) >= 11 is 1.61. The molecule has 0 radical (unpaired) electrons. The lowest BCUT2D eigenvalue weighted by Crippen LogP contribution is -2.47. The number of carbonyl (C=O) groups is 1. The summed E-state index contributed by atoms with van der Waals surface area (Å²) in [4.78, 5) is 20.2. The Balaban J connectivity index is 1.43. The molecule has 2 aliphatic rings. The quantitative estimate of drug-likeness (QED) is 0.872. The van der Waals surface area contributed by atoms with Crippen molar-refractivity contribution in [2.24, 2.45) is 0 Å². The lowest BCUT2D eigenvalue weighted by Gasteiger charge is -2.40. The van der Waals surface area contributed by atoms with Crippen molar-refractivity contribution >= 4 is 17.2 Å². The largest absolute Gasteiger partial charge is 0.370 e. The van der Waals surface area contributed by atoms with E-state index in [1.54, 1.807) is 11.3 Å². The Labute approximate surface area is 155 Å². The zero-order chi connectivity index (χ0) is 18.0. The Morgan fingerprint density at radius 3 is 2.68 bits per heavy atom. The fourth-order valence-corrected chi connectivity index (χ4v) is 4.96.